The van der Waals surface area contributed by atoms with Crippen LogP contribution in [0.3, 0.4) is 0 Å². The van der Waals surface area contributed by atoms with E-state index in [0.717, 1.165) is 5.56 Å². The van der Waals surface area contributed by atoms with E-state index in [2.05, 4.69) is 6.07 Å². The maximum absolute atomic E-state index is 13.0. The average molecular weight is 364 g/mol. The molecule has 1 aliphatic heterocycles. The zero-order valence-electron chi connectivity index (χ0n) is 15.6. The number of nitrogens with zero attached hydrogens (tertiary/aromatic N) is 2. The predicted octanol–water partition coefficient (Wildman–Crippen LogP) is 3.71. The van der Waals surface area contributed by atoms with Crippen LogP contribution in [0, 0.1) is 18.3 Å². The molecule has 0 bridgehead atoms. The third-order valence-electron chi connectivity index (χ3n) is 4.61. The molecule has 1 heterocycles. The highest BCUT2D eigenvalue weighted by Gasteiger charge is 2.36. The molecule has 1 unspecified atom stereocenters. The van der Waals surface area contributed by atoms with Gasteiger partial charge in [-0.05, 0) is 25.1 Å². The summed E-state index contributed by atoms with van der Waals surface area (Å²) in [6.07, 6.45) is 3.37. The number of hydrogen-bond donors (Lipinski definition) is 0. The Bertz CT molecular complexity index is 945. The van der Waals surface area contributed by atoms with Gasteiger partial charge >= 0.3 is 0 Å². The van der Waals surface area contributed by atoms with Gasteiger partial charge in [-0.3, -0.25) is 9.69 Å². The highest BCUT2D eigenvalue weighted by Crippen LogP contribution is 2.49. The lowest BCUT2D eigenvalue weighted by Crippen LogP contribution is -2.32. The number of carbonyl (C=O) groups is 1. The summed E-state index contributed by atoms with van der Waals surface area (Å²) in [5.41, 5.74) is 2.51. The van der Waals surface area contributed by atoms with Crippen LogP contribution in [0.4, 0.5) is 0 Å². The first-order chi connectivity index (χ1) is 13.1. The number of hydrogen-bond acceptors (Lipinski definition) is 5. The third-order valence-corrected chi connectivity index (χ3v) is 4.61. The summed E-state index contributed by atoms with van der Waals surface area (Å²) in [5, 5.41) is 9.91. The van der Waals surface area contributed by atoms with Gasteiger partial charge in [-0.1, -0.05) is 18.2 Å². The van der Waals surface area contributed by atoms with Gasteiger partial charge in [-0.2, -0.15) is 5.26 Å². The Kier molecular flexibility index (Phi) is 5.04. The number of nitriles is 1. The molecular weight excluding hydrogens is 344 g/mol. The first-order valence-corrected chi connectivity index (χ1v) is 8.36. The average Bonchev–Trinajstić information content (AvgIpc) is 2.72. The lowest BCUT2D eigenvalue weighted by atomic mass is 9.91. The Balaban J connectivity index is 2.22. The van der Waals surface area contributed by atoms with Gasteiger partial charge in [0.1, 0.15) is 5.75 Å². The highest BCUT2D eigenvalue weighted by atomic mass is 16.5. The second-order valence-corrected chi connectivity index (χ2v) is 5.98. The molecule has 2 aromatic carbocycles. The Morgan fingerprint density at radius 1 is 1.04 bits per heavy atom. The lowest BCUT2D eigenvalue weighted by molar-refractivity contribution is 0.0792. The quantitative estimate of drug-likeness (QED) is 0.827. The van der Waals surface area contributed by atoms with Crippen LogP contribution in [0.5, 0.6) is 17.2 Å². The molecule has 6 heteroatoms. The first-order valence-electron chi connectivity index (χ1n) is 8.36. The van der Waals surface area contributed by atoms with Crippen molar-refractivity contribution in [2.24, 2.45) is 0 Å². The molecule has 138 valence electrons. The van der Waals surface area contributed by atoms with Gasteiger partial charge in [0.15, 0.2) is 17.5 Å². The number of methoxy groups -OCH3 is 3. The molecule has 6 nitrogen and oxygen atoms in total. The van der Waals surface area contributed by atoms with Crippen LogP contribution >= 0.6 is 0 Å². The van der Waals surface area contributed by atoms with E-state index in [-0.39, 0.29) is 5.91 Å². The van der Waals surface area contributed by atoms with Crippen molar-refractivity contribution in [2.75, 3.05) is 21.3 Å². The van der Waals surface area contributed by atoms with E-state index in [0.29, 0.717) is 33.9 Å². The fourth-order valence-corrected chi connectivity index (χ4v) is 3.41. The van der Waals surface area contributed by atoms with Crippen molar-refractivity contribution >= 4 is 12.0 Å². The van der Waals surface area contributed by atoms with Crippen LogP contribution in [0.1, 0.15) is 33.1 Å². The van der Waals surface area contributed by atoms with Crippen LogP contribution in [0.2, 0.25) is 0 Å². The lowest BCUT2D eigenvalue weighted by Gasteiger charge is -2.32. The largest absolute Gasteiger partial charge is 0.496 e. The maximum Gasteiger partial charge on any atom is 0.259 e. The summed E-state index contributed by atoms with van der Waals surface area (Å²) in [7, 11) is 4.61. The molecule has 27 heavy (non-hydrogen) atoms. The Hall–Kier alpha value is -3.46. The zero-order chi connectivity index (χ0) is 19.6. The van der Waals surface area contributed by atoms with E-state index in [9.17, 15) is 10.1 Å². The second-order valence-electron chi connectivity index (χ2n) is 5.98. The smallest absolute Gasteiger partial charge is 0.259 e. The van der Waals surface area contributed by atoms with Crippen molar-refractivity contribution in [3.63, 3.8) is 0 Å². The van der Waals surface area contributed by atoms with Crippen LogP contribution in [0.25, 0.3) is 6.08 Å². The first kappa shape index (κ1) is 18.3. The highest BCUT2D eigenvalue weighted by molar-refractivity contribution is 5.96. The zero-order valence-corrected chi connectivity index (χ0v) is 15.6. The molecule has 1 amide bonds. The van der Waals surface area contributed by atoms with E-state index >= 15 is 0 Å². The van der Waals surface area contributed by atoms with E-state index < -0.39 is 6.04 Å². The van der Waals surface area contributed by atoms with Crippen LogP contribution in [-0.4, -0.2) is 32.1 Å². The molecule has 0 fully saturated rings. The molecule has 0 aliphatic carbocycles. The minimum absolute atomic E-state index is 0.274. The predicted molar refractivity (Wildman–Crippen MR) is 101 cm³/mol. The van der Waals surface area contributed by atoms with E-state index in [1.54, 1.807) is 43.7 Å². The van der Waals surface area contributed by atoms with Crippen molar-refractivity contribution in [3.8, 4) is 23.3 Å². The van der Waals surface area contributed by atoms with E-state index in [1.807, 2.05) is 13.0 Å². The van der Waals surface area contributed by atoms with Gasteiger partial charge in [-0.25, -0.2) is 0 Å². The van der Waals surface area contributed by atoms with Crippen molar-refractivity contribution in [1.29, 1.82) is 5.26 Å². The van der Waals surface area contributed by atoms with Gasteiger partial charge < -0.3 is 14.2 Å². The normalized spacial score (nSPS) is 14.9. The summed E-state index contributed by atoms with van der Waals surface area (Å²) in [4.78, 5) is 14.4. The SMILES string of the molecule is COc1c(C)c(OC)c(OC)c2c1C=CN(C(=O)c1ccccc1)C2C#N. The molecule has 1 aliphatic rings. The van der Waals surface area contributed by atoms with Crippen LogP contribution in [0.15, 0.2) is 36.5 Å². The van der Waals surface area contributed by atoms with Crippen molar-refractivity contribution in [3.05, 3.63) is 58.8 Å². The van der Waals surface area contributed by atoms with Gasteiger partial charge in [-0.15, -0.1) is 0 Å². The molecule has 0 N–H and O–H groups in total. The van der Waals surface area contributed by atoms with Gasteiger partial charge in [0, 0.05) is 28.5 Å². The topological polar surface area (TPSA) is 71.8 Å². The monoisotopic (exact) mass is 364 g/mol. The molecule has 3 rings (SSSR count). The fraction of sp³-hybridized carbons (Fsp3) is 0.238. The number of amides is 1. The molecule has 0 spiro atoms. The number of benzene rings is 2. The molecule has 0 saturated carbocycles. The molecule has 2 aromatic rings. The van der Waals surface area contributed by atoms with Gasteiger partial charge in [0.05, 0.1) is 27.4 Å². The van der Waals surface area contributed by atoms with Crippen molar-refractivity contribution in [2.45, 2.75) is 13.0 Å². The minimum Gasteiger partial charge on any atom is -0.496 e. The van der Waals surface area contributed by atoms with E-state index in [4.69, 9.17) is 14.2 Å². The van der Waals surface area contributed by atoms with Crippen molar-refractivity contribution in [1.82, 2.24) is 4.90 Å². The standard InChI is InChI=1S/C21H20N2O4/c1-13-18(25-2)15-10-11-23(21(24)14-8-6-5-7-9-14)16(12-22)17(15)20(27-4)19(13)26-3/h5-11,16H,1-4H3. The second kappa shape index (κ2) is 7.42. The summed E-state index contributed by atoms with van der Waals surface area (Å²) in [5.74, 6) is 1.22. The Morgan fingerprint density at radius 2 is 1.67 bits per heavy atom. The van der Waals surface area contributed by atoms with E-state index in [1.165, 1.54) is 19.1 Å². The number of rotatable bonds is 4. The summed E-state index contributed by atoms with van der Waals surface area (Å²) in [6, 6.07) is 10.2. The number of fused-ring (bicyclic) bond motifs is 1. The summed E-state index contributed by atoms with van der Waals surface area (Å²) >= 11 is 0. The summed E-state index contributed by atoms with van der Waals surface area (Å²) < 4.78 is 16.6. The molecule has 0 radical (unpaired) electrons. The van der Waals surface area contributed by atoms with Gasteiger partial charge in [0.2, 0.25) is 0 Å². The van der Waals surface area contributed by atoms with Gasteiger partial charge in [0.25, 0.3) is 5.91 Å². The number of ether oxygens (including phenoxy) is 3. The summed E-state index contributed by atoms with van der Waals surface area (Å²) in [6.45, 7) is 1.86. The maximum atomic E-state index is 13.0. The molecule has 1 atom stereocenters. The molecular formula is C21H20N2O4. The Morgan fingerprint density at radius 3 is 2.22 bits per heavy atom. The Labute approximate surface area is 158 Å². The minimum atomic E-state index is -0.879. The van der Waals surface area contributed by atoms with Crippen LogP contribution < -0.4 is 14.2 Å². The van der Waals surface area contributed by atoms with Crippen LogP contribution in [-0.2, 0) is 0 Å². The fourth-order valence-electron chi connectivity index (χ4n) is 3.41. The number of carbonyl (C=O) groups excluding carboxylic acids is 1. The van der Waals surface area contributed by atoms with Crippen molar-refractivity contribution < 1.29 is 19.0 Å². The molecule has 0 aromatic heterocycles. The third kappa shape index (κ3) is 2.87. The molecule has 0 saturated heterocycles.